The van der Waals surface area contributed by atoms with Crippen molar-refractivity contribution >= 4 is 23.5 Å². The number of carboxylic acids is 1. The topological polar surface area (TPSA) is 141 Å². The molecule has 0 spiro atoms. The smallest absolute Gasteiger partial charge is 0.328 e. The van der Waals surface area contributed by atoms with Crippen LogP contribution in [0.25, 0.3) is 11.1 Å². The van der Waals surface area contributed by atoms with Crippen molar-refractivity contribution in [2.45, 2.75) is 44.4 Å². The summed E-state index contributed by atoms with van der Waals surface area (Å²) in [5.41, 5.74) is 5.29. The second-order valence-corrected chi connectivity index (χ2v) is 11.8. The predicted octanol–water partition coefficient (Wildman–Crippen LogP) is 5.97. The molecular weight excluding hydrogens is 637 g/mol. The number of hydrogen-bond donors (Lipinski definition) is 4. The molecule has 0 saturated carbocycles. The molecule has 4 N–H and O–H groups in total. The van der Waals surface area contributed by atoms with Gasteiger partial charge in [0.15, 0.2) is 0 Å². The summed E-state index contributed by atoms with van der Waals surface area (Å²) in [7, 11) is 0. The summed E-state index contributed by atoms with van der Waals surface area (Å²) >= 11 is 6.75. The number of nitrogens with one attached hydrogen (secondary N) is 2. The van der Waals surface area contributed by atoms with E-state index in [1.54, 1.807) is 36.4 Å². The lowest BCUT2D eigenvalue weighted by atomic mass is 9.96. The molecular formula is C37H35ClFN3O6. The van der Waals surface area contributed by atoms with E-state index in [0.29, 0.717) is 46.1 Å². The van der Waals surface area contributed by atoms with Crippen LogP contribution in [0.15, 0.2) is 90.0 Å². The molecule has 48 heavy (non-hydrogen) atoms. The fraction of sp³-hybridized carbons (Fsp3) is 0.270. The summed E-state index contributed by atoms with van der Waals surface area (Å²) in [5.74, 6) is -1.42. The number of benzene rings is 3. The highest BCUT2D eigenvalue weighted by Gasteiger charge is 2.28. The van der Waals surface area contributed by atoms with Crippen molar-refractivity contribution in [3.05, 3.63) is 118 Å². The van der Waals surface area contributed by atoms with Crippen molar-refractivity contribution in [2.24, 2.45) is 0 Å². The Kier molecular flexibility index (Phi) is 11.6. The van der Waals surface area contributed by atoms with E-state index in [2.05, 4.69) is 16.7 Å². The van der Waals surface area contributed by atoms with Crippen LogP contribution in [0.3, 0.4) is 0 Å². The lowest BCUT2D eigenvalue weighted by molar-refractivity contribution is -0.142. The second-order valence-electron chi connectivity index (χ2n) is 11.4. The number of carbonyl (C=O) groups is 2. The molecule has 3 aromatic rings. The Balaban J connectivity index is 1.38. The van der Waals surface area contributed by atoms with E-state index in [4.69, 9.17) is 26.2 Å². The van der Waals surface area contributed by atoms with Crippen LogP contribution >= 0.6 is 11.6 Å². The fourth-order valence-electron chi connectivity index (χ4n) is 5.72. The first-order chi connectivity index (χ1) is 23.3. The van der Waals surface area contributed by atoms with Gasteiger partial charge in [0.05, 0.1) is 29.8 Å². The van der Waals surface area contributed by atoms with Gasteiger partial charge in [0.2, 0.25) is 5.91 Å². The third kappa shape index (κ3) is 8.49. The van der Waals surface area contributed by atoms with E-state index in [0.717, 1.165) is 35.1 Å². The van der Waals surface area contributed by atoms with Crippen LogP contribution in [0.2, 0.25) is 5.02 Å². The number of nitrogens with zero attached hydrogens (tertiary/aromatic N) is 1. The highest BCUT2D eigenvalue weighted by atomic mass is 35.5. The molecule has 0 unspecified atom stereocenters. The molecule has 0 aliphatic heterocycles. The van der Waals surface area contributed by atoms with Gasteiger partial charge < -0.3 is 30.3 Å². The molecule has 5 rings (SSSR count). The average molecular weight is 672 g/mol. The van der Waals surface area contributed by atoms with Crippen molar-refractivity contribution < 1.29 is 33.7 Å². The van der Waals surface area contributed by atoms with E-state index in [1.165, 1.54) is 6.07 Å². The molecule has 0 bridgehead atoms. The number of amides is 1. The molecule has 0 radical (unpaired) electrons. The third-order valence-corrected chi connectivity index (χ3v) is 8.38. The molecule has 11 heteroatoms. The summed E-state index contributed by atoms with van der Waals surface area (Å²) in [4.78, 5) is 23.5. The Morgan fingerprint density at radius 1 is 1.10 bits per heavy atom. The minimum absolute atomic E-state index is 0.138. The Labute approximate surface area is 282 Å². The third-order valence-electron chi connectivity index (χ3n) is 8.08. The number of aliphatic hydroxyl groups excluding tert-OH is 1. The average Bonchev–Trinajstić information content (AvgIpc) is 3.47. The minimum atomic E-state index is -1.41. The van der Waals surface area contributed by atoms with Crippen molar-refractivity contribution in [3.63, 3.8) is 0 Å². The number of hydrogen-bond acceptors (Lipinski definition) is 7. The number of carbonyl (C=O) groups excluding carboxylic acids is 1. The van der Waals surface area contributed by atoms with E-state index < -0.39 is 24.5 Å². The molecule has 0 aromatic heterocycles. The van der Waals surface area contributed by atoms with E-state index in [9.17, 15) is 24.3 Å². The van der Waals surface area contributed by atoms with Crippen molar-refractivity contribution in [2.75, 3.05) is 19.8 Å². The van der Waals surface area contributed by atoms with Crippen LogP contribution in [-0.4, -0.2) is 47.9 Å². The van der Waals surface area contributed by atoms with Crippen molar-refractivity contribution in [3.8, 4) is 28.7 Å². The largest absolute Gasteiger partial charge is 0.488 e. The maximum atomic E-state index is 14.7. The molecule has 0 fully saturated rings. The summed E-state index contributed by atoms with van der Waals surface area (Å²) in [5, 5.41) is 33.3. The molecule has 0 saturated heterocycles. The van der Waals surface area contributed by atoms with Gasteiger partial charge in [-0.15, -0.1) is 0 Å². The second kappa shape index (κ2) is 16.2. The predicted molar refractivity (Wildman–Crippen MR) is 179 cm³/mol. The highest BCUT2D eigenvalue weighted by Crippen LogP contribution is 2.43. The van der Waals surface area contributed by atoms with Gasteiger partial charge in [0.25, 0.3) is 0 Å². The van der Waals surface area contributed by atoms with E-state index in [-0.39, 0.29) is 31.6 Å². The molecule has 3 aromatic carbocycles. The molecule has 2 atom stereocenters. The maximum Gasteiger partial charge on any atom is 0.328 e. The van der Waals surface area contributed by atoms with Crippen LogP contribution < -0.4 is 20.1 Å². The van der Waals surface area contributed by atoms with Gasteiger partial charge in [-0.1, -0.05) is 60.2 Å². The van der Waals surface area contributed by atoms with Crippen LogP contribution in [0.5, 0.6) is 11.5 Å². The number of allylic oxidation sites excluding steroid dienone is 4. The normalized spacial score (nSPS) is 18.8. The van der Waals surface area contributed by atoms with Gasteiger partial charge in [-0.05, 0) is 72.2 Å². The Morgan fingerprint density at radius 2 is 1.92 bits per heavy atom. The quantitative estimate of drug-likeness (QED) is 0.174. The lowest BCUT2D eigenvalue weighted by Crippen LogP contribution is -2.46. The molecule has 1 amide bonds. The first-order valence-corrected chi connectivity index (χ1v) is 15.9. The number of halogens is 2. The Bertz CT molecular complexity index is 1810. The van der Waals surface area contributed by atoms with Crippen LogP contribution in [0.1, 0.15) is 42.1 Å². The number of ether oxygens (including phenoxy) is 2. The van der Waals surface area contributed by atoms with E-state index in [1.807, 2.05) is 36.4 Å². The van der Waals surface area contributed by atoms with Gasteiger partial charge in [-0.3, -0.25) is 4.79 Å². The zero-order chi connectivity index (χ0) is 34.0. The number of rotatable bonds is 13. The van der Waals surface area contributed by atoms with Crippen LogP contribution in [-0.2, 0) is 22.6 Å². The lowest BCUT2D eigenvalue weighted by Gasteiger charge is -2.20. The summed E-state index contributed by atoms with van der Waals surface area (Å²) in [6, 6.07) is 16.6. The summed E-state index contributed by atoms with van der Waals surface area (Å²) < 4.78 is 27.5. The van der Waals surface area contributed by atoms with E-state index >= 15 is 0 Å². The molecule has 248 valence electrons. The standard InChI is InChI=1S/C37H35ClFN3O6/c38-30-16-25(19-41-20-36(44)42-32(21-43)37(45)46)34(47-22-24-8-3-1-2-7-23(15-24)18-40)17-35(30)48-33-14-13-27-26(10-6-11-29(27)33)28-9-4-5-12-31(28)39/h2,4-12,15-17,32-33,41,43H,1,3,13-14,19-22H2,(H,42,44)(H,45,46)/b7-2-,23-15+,24-8+/t32-,33-/m0/s1. The fourth-order valence-corrected chi connectivity index (χ4v) is 5.95. The molecule has 9 nitrogen and oxygen atoms in total. The van der Waals surface area contributed by atoms with Crippen molar-refractivity contribution in [1.29, 1.82) is 5.26 Å². The number of nitriles is 1. The molecule has 0 heterocycles. The molecule has 2 aliphatic carbocycles. The number of fused-ring (bicyclic) bond motifs is 1. The van der Waals surface area contributed by atoms with Crippen LogP contribution in [0, 0.1) is 17.1 Å². The summed E-state index contributed by atoms with van der Waals surface area (Å²) in [6.07, 6.45) is 10.1. The van der Waals surface area contributed by atoms with Crippen LogP contribution in [0.4, 0.5) is 4.39 Å². The maximum absolute atomic E-state index is 14.7. The zero-order valence-electron chi connectivity index (χ0n) is 26.0. The monoisotopic (exact) mass is 671 g/mol. The SMILES string of the molecule is N#CC1=C/C(COc2cc(O[C@H]3CCc4c(-c5ccccc5F)cccc43)c(Cl)cc2CNCC(=O)N[C@@H](CO)C(=O)O)=C\CC/C=C\1. The first-order valence-electron chi connectivity index (χ1n) is 15.6. The molecule has 2 aliphatic rings. The zero-order valence-corrected chi connectivity index (χ0v) is 26.8. The van der Waals surface area contributed by atoms with Crippen molar-refractivity contribution in [1.82, 2.24) is 10.6 Å². The number of aliphatic carboxylic acids is 1. The highest BCUT2D eigenvalue weighted by molar-refractivity contribution is 6.32. The number of carboxylic acid groups (broad SMARTS) is 1. The summed E-state index contributed by atoms with van der Waals surface area (Å²) in [6.45, 7) is -0.671. The van der Waals surface area contributed by atoms with Gasteiger partial charge in [0.1, 0.15) is 36.1 Å². The number of aliphatic hydroxyl groups is 1. The van der Waals surface area contributed by atoms with Gasteiger partial charge >= 0.3 is 5.97 Å². The van der Waals surface area contributed by atoms with Gasteiger partial charge in [0, 0.05) is 23.7 Å². The first kappa shape index (κ1) is 34.4. The Morgan fingerprint density at radius 3 is 2.69 bits per heavy atom. The minimum Gasteiger partial charge on any atom is -0.488 e. The Hall–Kier alpha value is -4.95. The van der Waals surface area contributed by atoms with Gasteiger partial charge in [-0.25, -0.2) is 9.18 Å². The van der Waals surface area contributed by atoms with Gasteiger partial charge in [-0.2, -0.15) is 5.26 Å².